The highest BCUT2D eigenvalue weighted by Gasteiger charge is 2.44. The van der Waals surface area contributed by atoms with Crippen LogP contribution in [-0.2, 0) is 20.7 Å². The van der Waals surface area contributed by atoms with Gasteiger partial charge in [0.2, 0.25) is 11.8 Å². The summed E-state index contributed by atoms with van der Waals surface area (Å²) in [6.45, 7) is 5.27. The molecule has 1 aromatic carbocycles. The quantitative estimate of drug-likeness (QED) is 0.813. The molecule has 0 N–H and O–H groups in total. The van der Waals surface area contributed by atoms with Crippen LogP contribution in [0.3, 0.4) is 0 Å². The van der Waals surface area contributed by atoms with Crippen molar-refractivity contribution in [3.8, 4) is 0 Å². The Balaban J connectivity index is 1.63. The minimum absolute atomic E-state index is 0.175. The number of nitrogens with zero attached hydrogens (tertiary/aromatic N) is 2. The molecule has 0 atom stereocenters. The lowest BCUT2D eigenvalue weighted by Crippen LogP contribution is -2.58. The predicted molar refractivity (Wildman–Crippen MR) is 101 cm³/mol. The first kappa shape index (κ1) is 18.9. The second-order valence-electron chi connectivity index (χ2n) is 7.38. The highest BCUT2D eigenvalue weighted by Crippen LogP contribution is 2.32. The van der Waals surface area contributed by atoms with Crippen LogP contribution in [0.4, 0.5) is 0 Å². The maximum absolute atomic E-state index is 12.8. The van der Waals surface area contributed by atoms with Gasteiger partial charge in [0.15, 0.2) is 0 Å². The number of aryl methyl sites for hydroxylation is 1. The third-order valence-corrected chi connectivity index (χ3v) is 5.75. The third-order valence-electron chi connectivity index (χ3n) is 5.75. The normalized spacial score (nSPS) is 20.3. The summed E-state index contributed by atoms with van der Waals surface area (Å²) < 4.78 is 5.53. The summed E-state index contributed by atoms with van der Waals surface area (Å²) in [4.78, 5) is 29.4. The van der Waals surface area contributed by atoms with Crippen molar-refractivity contribution < 1.29 is 14.3 Å². The molecule has 5 heteroatoms. The first-order valence-electron chi connectivity index (χ1n) is 9.84. The van der Waals surface area contributed by atoms with Crippen molar-refractivity contribution >= 4 is 11.8 Å². The Morgan fingerprint density at radius 2 is 1.92 bits per heavy atom. The van der Waals surface area contributed by atoms with Crippen molar-refractivity contribution in [2.45, 2.75) is 51.0 Å². The van der Waals surface area contributed by atoms with Crippen molar-refractivity contribution in [2.24, 2.45) is 0 Å². The predicted octanol–water partition coefficient (Wildman–Crippen LogP) is 2.64. The molecule has 2 amide bonds. The number of ether oxygens (including phenoxy) is 1. The number of rotatable bonds is 5. The Kier molecular flexibility index (Phi) is 6.30. The number of hydrogen-bond acceptors (Lipinski definition) is 3. The van der Waals surface area contributed by atoms with Gasteiger partial charge >= 0.3 is 0 Å². The topological polar surface area (TPSA) is 49.9 Å². The molecule has 2 aliphatic rings. The molecular formula is C21H30N2O3. The first-order valence-corrected chi connectivity index (χ1v) is 9.84. The monoisotopic (exact) mass is 358 g/mol. The Hall–Kier alpha value is -1.88. The van der Waals surface area contributed by atoms with Crippen LogP contribution in [0.5, 0.6) is 0 Å². The molecule has 0 saturated carbocycles. The van der Waals surface area contributed by atoms with Crippen LogP contribution < -0.4 is 0 Å². The summed E-state index contributed by atoms with van der Waals surface area (Å²) in [6, 6.07) is 10.3. The van der Waals surface area contributed by atoms with E-state index in [1.165, 1.54) is 5.56 Å². The number of likely N-dealkylation sites (N-methyl/N-ethyl adjacent to an activating group) is 1. The third kappa shape index (κ3) is 4.26. The maximum atomic E-state index is 12.8. The van der Waals surface area contributed by atoms with E-state index in [0.717, 1.165) is 25.7 Å². The van der Waals surface area contributed by atoms with Gasteiger partial charge in [-0.3, -0.25) is 9.59 Å². The van der Waals surface area contributed by atoms with Crippen LogP contribution in [0.25, 0.3) is 0 Å². The summed E-state index contributed by atoms with van der Waals surface area (Å²) in [5, 5.41) is 0. The van der Waals surface area contributed by atoms with Crippen molar-refractivity contribution in [1.82, 2.24) is 9.80 Å². The van der Waals surface area contributed by atoms with Crippen molar-refractivity contribution in [3.63, 3.8) is 0 Å². The Labute approximate surface area is 156 Å². The summed E-state index contributed by atoms with van der Waals surface area (Å²) in [6.07, 6.45) is 4.38. The van der Waals surface area contributed by atoms with Crippen molar-refractivity contribution in [3.05, 3.63) is 35.9 Å². The van der Waals surface area contributed by atoms with Gasteiger partial charge in [0.1, 0.15) is 0 Å². The van der Waals surface area contributed by atoms with Crippen LogP contribution in [0.2, 0.25) is 0 Å². The van der Waals surface area contributed by atoms with Gasteiger partial charge in [-0.1, -0.05) is 30.3 Å². The van der Waals surface area contributed by atoms with Gasteiger partial charge < -0.3 is 14.5 Å². The average molecular weight is 358 g/mol. The van der Waals surface area contributed by atoms with Gasteiger partial charge in [0.25, 0.3) is 0 Å². The second kappa shape index (κ2) is 8.67. The van der Waals surface area contributed by atoms with E-state index in [4.69, 9.17) is 4.74 Å². The molecule has 2 fully saturated rings. The first-order chi connectivity index (χ1) is 12.6. The number of hydrogen-bond donors (Lipinski definition) is 0. The van der Waals surface area contributed by atoms with Crippen molar-refractivity contribution in [2.75, 3.05) is 32.8 Å². The van der Waals surface area contributed by atoms with Crippen LogP contribution in [-0.4, -0.2) is 60.0 Å². The van der Waals surface area contributed by atoms with E-state index >= 15 is 0 Å². The van der Waals surface area contributed by atoms with Crippen LogP contribution in [0.1, 0.15) is 44.6 Å². The molecule has 0 radical (unpaired) electrons. The second-order valence-corrected chi connectivity index (χ2v) is 7.38. The van der Waals surface area contributed by atoms with E-state index in [2.05, 4.69) is 12.1 Å². The van der Waals surface area contributed by atoms with Gasteiger partial charge in [0.05, 0.1) is 5.54 Å². The molecule has 0 aromatic heterocycles. The fourth-order valence-electron chi connectivity index (χ4n) is 4.30. The molecule has 2 aliphatic heterocycles. The zero-order chi connectivity index (χ0) is 18.4. The lowest BCUT2D eigenvalue weighted by Gasteiger charge is -2.46. The minimum Gasteiger partial charge on any atom is -0.381 e. The lowest BCUT2D eigenvalue weighted by molar-refractivity contribution is -0.142. The highest BCUT2D eigenvalue weighted by molar-refractivity contribution is 5.81. The smallest absolute Gasteiger partial charge is 0.224 e. The Morgan fingerprint density at radius 3 is 2.62 bits per heavy atom. The molecule has 0 unspecified atom stereocenters. The van der Waals surface area contributed by atoms with E-state index in [1.807, 2.05) is 34.9 Å². The number of carbonyl (C=O) groups excluding carboxylic acids is 2. The van der Waals surface area contributed by atoms with Crippen molar-refractivity contribution in [1.29, 1.82) is 0 Å². The number of benzene rings is 1. The van der Waals surface area contributed by atoms with Gasteiger partial charge in [-0.2, -0.15) is 0 Å². The zero-order valence-corrected chi connectivity index (χ0v) is 15.8. The van der Waals surface area contributed by atoms with E-state index in [-0.39, 0.29) is 17.4 Å². The molecule has 2 heterocycles. The minimum atomic E-state index is -0.240. The largest absolute Gasteiger partial charge is 0.381 e. The fourth-order valence-corrected chi connectivity index (χ4v) is 4.30. The van der Waals surface area contributed by atoms with E-state index in [1.54, 1.807) is 0 Å². The number of carbonyl (C=O) groups is 2. The number of amides is 2. The molecule has 142 valence electrons. The Morgan fingerprint density at radius 1 is 1.19 bits per heavy atom. The summed E-state index contributed by atoms with van der Waals surface area (Å²) >= 11 is 0. The van der Waals surface area contributed by atoms with E-state index < -0.39 is 0 Å². The molecule has 2 saturated heterocycles. The van der Waals surface area contributed by atoms with Crippen LogP contribution >= 0.6 is 0 Å². The highest BCUT2D eigenvalue weighted by atomic mass is 16.5. The van der Waals surface area contributed by atoms with Gasteiger partial charge in [0, 0.05) is 45.7 Å². The molecule has 1 aromatic rings. The molecule has 0 aliphatic carbocycles. The maximum Gasteiger partial charge on any atom is 0.224 e. The summed E-state index contributed by atoms with van der Waals surface area (Å²) in [7, 11) is 0. The van der Waals surface area contributed by atoms with Gasteiger partial charge in [-0.05, 0) is 38.2 Å². The van der Waals surface area contributed by atoms with Gasteiger partial charge in [-0.15, -0.1) is 0 Å². The summed E-state index contributed by atoms with van der Waals surface area (Å²) in [5.41, 5.74) is 1.03. The standard InChI is InChI=1S/C21H30N2O3/c1-2-23-20(25)11-14-22(17-21(23)12-15-26-16-13-21)19(24)10-6-9-18-7-4-3-5-8-18/h3-5,7-8H,2,6,9-17H2,1H3. The van der Waals surface area contributed by atoms with Crippen LogP contribution in [0.15, 0.2) is 30.3 Å². The SMILES string of the molecule is CCN1C(=O)CCN(C(=O)CCCc2ccccc2)CC12CCOCC2. The fraction of sp³-hybridized carbons (Fsp3) is 0.619. The average Bonchev–Trinajstić information content (AvgIpc) is 2.79. The molecule has 3 rings (SSSR count). The van der Waals surface area contributed by atoms with Gasteiger partial charge in [-0.25, -0.2) is 0 Å². The molecule has 0 bridgehead atoms. The van der Waals surface area contributed by atoms with E-state index in [9.17, 15) is 9.59 Å². The molecule has 1 spiro atoms. The molecular weight excluding hydrogens is 328 g/mol. The van der Waals surface area contributed by atoms with Crippen LogP contribution in [0, 0.1) is 0 Å². The Bertz CT molecular complexity index is 611. The zero-order valence-electron chi connectivity index (χ0n) is 15.8. The molecule has 26 heavy (non-hydrogen) atoms. The summed E-state index contributed by atoms with van der Waals surface area (Å²) in [5.74, 6) is 0.353. The lowest BCUT2D eigenvalue weighted by atomic mass is 9.87. The molecule has 5 nitrogen and oxygen atoms in total. The van der Waals surface area contributed by atoms with E-state index in [0.29, 0.717) is 45.7 Å².